The van der Waals surface area contributed by atoms with Crippen molar-refractivity contribution < 1.29 is 9.90 Å². The molecule has 2 amide bonds. The van der Waals surface area contributed by atoms with E-state index in [9.17, 15) is 9.90 Å². The number of carbonyl (C=O) groups is 1. The monoisotopic (exact) mass is 340 g/mol. The first-order valence-corrected chi connectivity index (χ1v) is 9.09. The van der Waals surface area contributed by atoms with Gasteiger partial charge < -0.3 is 15.3 Å². The summed E-state index contributed by atoms with van der Waals surface area (Å²) in [6.07, 6.45) is 0.929. The molecule has 0 bridgehead atoms. The second kappa shape index (κ2) is 7.59. The van der Waals surface area contributed by atoms with Crippen LogP contribution >= 0.6 is 11.3 Å². The maximum atomic E-state index is 12.4. The number of hydrogen-bond acceptors (Lipinski definition) is 5. The zero-order valence-corrected chi connectivity index (χ0v) is 15.3. The zero-order chi connectivity index (χ0) is 17.0. The summed E-state index contributed by atoms with van der Waals surface area (Å²) in [5.74, 6) is 0. The van der Waals surface area contributed by atoms with Gasteiger partial charge in [-0.2, -0.15) is 0 Å². The van der Waals surface area contributed by atoms with Crippen molar-refractivity contribution in [2.45, 2.75) is 52.3 Å². The fourth-order valence-electron chi connectivity index (χ4n) is 2.89. The predicted molar refractivity (Wildman–Crippen MR) is 92.6 cm³/mol. The average Bonchev–Trinajstić information content (AvgIpc) is 2.91. The van der Waals surface area contributed by atoms with Crippen molar-refractivity contribution in [1.82, 2.24) is 20.1 Å². The van der Waals surface area contributed by atoms with E-state index in [1.54, 1.807) is 11.3 Å². The summed E-state index contributed by atoms with van der Waals surface area (Å²) in [5, 5.41) is 16.0. The Hall–Kier alpha value is -1.18. The molecule has 7 heteroatoms. The van der Waals surface area contributed by atoms with Crippen LogP contribution in [0, 0.1) is 0 Å². The van der Waals surface area contributed by atoms with Gasteiger partial charge in [0.05, 0.1) is 22.8 Å². The lowest BCUT2D eigenvalue weighted by molar-refractivity contribution is 0.0119. The molecule has 1 saturated heterocycles. The Morgan fingerprint density at radius 1 is 1.52 bits per heavy atom. The number of β-amino-alcohol motifs (C(OH)–C–C–N with tert-alkyl or cyclic N) is 1. The normalized spacial score (nSPS) is 19.9. The van der Waals surface area contributed by atoms with Gasteiger partial charge in [0.25, 0.3) is 0 Å². The molecule has 23 heavy (non-hydrogen) atoms. The number of aryl methyl sites for hydroxylation is 1. The molecule has 130 valence electrons. The summed E-state index contributed by atoms with van der Waals surface area (Å²) in [6.45, 7) is 11.1. The van der Waals surface area contributed by atoms with E-state index in [4.69, 9.17) is 0 Å². The first kappa shape index (κ1) is 18.2. The Kier molecular flexibility index (Phi) is 6.00. The fraction of sp³-hybridized carbons (Fsp3) is 0.750. The maximum absolute atomic E-state index is 12.4. The summed E-state index contributed by atoms with van der Waals surface area (Å²) < 4.78 is 0. The van der Waals surface area contributed by atoms with Crippen LogP contribution in [0.4, 0.5) is 4.79 Å². The topological polar surface area (TPSA) is 68.7 Å². The van der Waals surface area contributed by atoms with Crippen LogP contribution in [-0.2, 0) is 13.0 Å². The van der Waals surface area contributed by atoms with Gasteiger partial charge in [-0.05, 0) is 27.2 Å². The van der Waals surface area contributed by atoms with Crippen LogP contribution in [0.15, 0.2) is 5.38 Å². The molecule has 2 heterocycles. The van der Waals surface area contributed by atoms with Crippen molar-refractivity contribution >= 4 is 17.4 Å². The van der Waals surface area contributed by atoms with Gasteiger partial charge in [-0.15, -0.1) is 11.3 Å². The predicted octanol–water partition coefficient (Wildman–Crippen LogP) is 1.69. The minimum atomic E-state index is -0.703. The summed E-state index contributed by atoms with van der Waals surface area (Å²) in [7, 11) is 0. The molecule has 1 aliphatic heterocycles. The van der Waals surface area contributed by atoms with Gasteiger partial charge in [0.2, 0.25) is 0 Å². The zero-order valence-electron chi connectivity index (χ0n) is 14.5. The number of piperazine rings is 1. The number of amides is 2. The van der Waals surface area contributed by atoms with E-state index in [0.29, 0.717) is 19.6 Å². The second-order valence-corrected chi connectivity index (χ2v) is 7.78. The Labute approximate surface area is 142 Å². The molecule has 1 aromatic heterocycles. The minimum Gasteiger partial charge on any atom is -0.389 e. The molecular weight excluding hydrogens is 312 g/mol. The highest BCUT2D eigenvalue weighted by molar-refractivity contribution is 7.09. The van der Waals surface area contributed by atoms with Gasteiger partial charge in [-0.1, -0.05) is 6.92 Å². The maximum Gasteiger partial charge on any atom is 0.318 e. The summed E-state index contributed by atoms with van der Waals surface area (Å²) >= 11 is 1.64. The second-order valence-electron chi connectivity index (χ2n) is 6.83. The number of thiazole rings is 1. The fourth-order valence-corrected chi connectivity index (χ4v) is 3.63. The number of aliphatic hydroxyl groups is 1. The number of urea groups is 1. The molecule has 2 N–H and O–H groups in total. The Morgan fingerprint density at radius 2 is 2.26 bits per heavy atom. The highest BCUT2D eigenvalue weighted by Crippen LogP contribution is 2.14. The van der Waals surface area contributed by atoms with Crippen LogP contribution in [-0.4, -0.2) is 63.7 Å². The van der Waals surface area contributed by atoms with Gasteiger partial charge in [-0.25, -0.2) is 9.78 Å². The lowest BCUT2D eigenvalue weighted by atomic mass is 10.1. The standard InChI is InChI=1S/C16H28N4O2S/c1-5-14-18-13(10-23-14)8-17-15(21)20-7-6-19(9-12(20)2)11-16(3,4)22/h10,12,22H,5-9,11H2,1-4H3,(H,17,21)/t12-/m0/s1. The van der Waals surface area contributed by atoms with Crippen LogP contribution in [0.1, 0.15) is 38.4 Å². The van der Waals surface area contributed by atoms with E-state index in [1.165, 1.54) is 0 Å². The molecule has 1 atom stereocenters. The van der Waals surface area contributed by atoms with Crippen molar-refractivity contribution in [3.8, 4) is 0 Å². The number of nitrogens with zero attached hydrogens (tertiary/aromatic N) is 3. The molecule has 0 saturated carbocycles. The minimum absolute atomic E-state index is 0.0357. The lowest BCUT2D eigenvalue weighted by Crippen LogP contribution is -2.58. The molecule has 2 rings (SSSR count). The number of aromatic nitrogens is 1. The number of hydrogen-bond donors (Lipinski definition) is 2. The molecule has 0 aromatic carbocycles. The Bertz CT molecular complexity index is 526. The summed E-state index contributed by atoms with van der Waals surface area (Å²) in [5.41, 5.74) is 0.222. The summed E-state index contributed by atoms with van der Waals surface area (Å²) in [4.78, 5) is 20.9. The quantitative estimate of drug-likeness (QED) is 0.856. The van der Waals surface area contributed by atoms with E-state index < -0.39 is 5.60 Å². The van der Waals surface area contributed by atoms with Gasteiger partial charge >= 0.3 is 6.03 Å². The number of carbonyl (C=O) groups excluding carboxylic acids is 1. The Balaban J connectivity index is 1.81. The van der Waals surface area contributed by atoms with E-state index in [-0.39, 0.29) is 12.1 Å². The first-order valence-electron chi connectivity index (χ1n) is 8.21. The van der Waals surface area contributed by atoms with Crippen LogP contribution in [0.5, 0.6) is 0 Å². The van der Waals surface area contributed by atoms with Crippen molar-refractivity contribution in [2.24, 2.45) is 0 Å². The molecule has 1 aromatic rings. The summed E-state index contributed by atoms with van der Waals surface area (Å²) in [6, 6.07) is 0.0965. The van der Waals surface area contributed by atoms with Crippen molar-refractivity contribution in [3.05, 3.63) is 16.1 Å². The van der Waals surface area contributed by atoms with Crippen LogP contribution in [0.2, 0.25) is 0 Å². The van der Waals surface area contributed by atoms with Crippen molar-refractivity contribution in [1.29, 1.82) is 0 Å². The molecule has 1 aliphatic rings. The first-order chi connectivity index (χ1) is 10.8. The average molecular weight is 340 g/mol. The third-order valence-electron chi connectivity index (χ3n) is 3.91. The van der Waals surface area contributed by atoms with Crippen molar-refractivity contribution in [3.63, 3.8) is 0 Å². The van der Waals surface area contributed by atoms with Gasteiger partial charge in [0, 0.05) is 37.6 Å². The molecule has 0 unspecified atom stereocenters. The number of nitrogens with one attached hydrogen (secondary N) is 1. The highest BCUT2D eigenvalue weighted by atomic mass is 32.1. The third kappa shape index (κ3) is 5.44. The highest BCUT2D eigenvalue weighted by Gasteiger charge is 2.29. The molecule has 0 radical (unpaired) electrons. The van der Waals surface area contributed by atoms with Crippen molar-refractivity contribution in [2.75, 3.05) is 26.2 Å². The van der Waals surface area contributed by atoms with E-state index >= 15 is 0 Å². The van der Waals surface area contributed by atoms with Gasteiger partial charge in [-0.3, -0.25) is 4.90 Å². The smallest absolute Gasteiger partial charge is 0.318 e. The van der Waals surface area contributed by atoms with E-state index in [0.717, 1.165) is 30.2 Å². The molecule has 0 spiro atoms. The van der Waals surface area contributed by atoms with Crippen LogP contribution in [0.25, 0.3) is 0 Å². The Morgan fingerprint density at radius 3 is 2.83 bits per heavy atom. The van der Waals surface area contributed by atoms with E-state index in [2.05, 4.69) is 22.1 Å². The molecule has 0 aliphatic carbocycles. The largest absolute Gasteiger partial charge is 0.389 e. The third-order valence-corrected chi connectivity index (χ3v) is 4.95. The molecule has 1 fully saturated rings. The number of rotatable bonds is 5. The van der Waals surface area contributed by atoms with Gasteiger partial charge in [0.15, 0.2) is 0 Å². The SMILES string of the molecule is CCc1nc(CNC(=O)N2CCN(CC(C)(C)O)C[C@@H]2C)cs1. The van der Waals surface area contributed by atoms with Gasteiger partial charge in [0.1, 0.15) is 0 Å². The van der Waals surface area contributed by atoms with Crippen LogP contribution in [0.3, 0.4) is 0 Å². The van der Waals surface area contributed by atoms with Crippen LogP contribution < -0.4 is 5.32 Å². The molecular formula is C16H28N4O2S. The van der Waals surface area contributed by atoms with E-state index in [1.807, 2.05) is 31.1 Å². The molecule has 6 nitrogen and oxygen atoms in total. The lowest BCUT2D eigenvalue weighted by Gasteiger charge is -2.41.